The molecule has 1 aromatic rings. The molecule has 2 rings (SSSR count). The zero-order valence-electron chi connectivity index (χ0n) is 10.9. The summed E-state index contributed by atoms with van der Waals surface area (Å²) in [5.74, 6) is 0.986. The van der Waals surface area contributed by atoms with Crippen molar-refractivity contribution in [2.24, 2.45) is 5.92 Å². The molecule has 0 radical (unpaired) electrons. The molecule has 1 aromatic carbocycles. The number of rotatable bonds is 4. The predicted octanol–water partition coefficient (Wildman–Crippen LogP) is 2.02. The summed E-state index contributed by atoms with van der Waals surface area (Å²) in [5, 5.41) is 6.23. The maximum Gasteiger partial charge on any atom is 0.229 e. The van der Waals surface area contributed by atoms with Gasteiger partial charge in [-0.1, -0.05) is 0 Å². The molecule has 2 atom stereocenters. The minimum absolute atomic E-state index is 0.0663. The van der Waals surface area contributed by atoms with Crippen molar-refractivity contribution >= 4 is 11.6 Å². The van der Waals surface area contributed by atoms with E-state index in [4.69, 9.17) is 4.74 Å². The van der Waals surface area contributed by atoms with Gasteiger partial charge in [-0.2, -0.15) is 0 Å². The van der Waals surface area contributed by atoms with Gasteiger partial charge in [-0.15, -0.1) is 0 Å². The van der Waals surface area contributed by atoms with Crippen LogP contribution in [0.5, 0.6) is 5.75 Å². The lowest BCUT2D eigenvalue weighted by Crippen LogP contribution is -2.32. The van der Waals surface area contributed by atoms with Crippen molar-refractivity contribution in [3.05, 3.63) is 24.3 Å². The minimum atomic E-state index is 0.0663. The molecule has 1 saturated heterocycles. The van der Waals surface area contributed by atoms with Crippen LogP contribution in [0.4, 0.5) is 5.69 Å². The first-order valence-electron chi connectivity index (χ1n) is 6.48. The number of nitrogens with one attached hydrogen (secondary N) is 2. The van der Waals surface area contributed by atoms with Crippen molar-refractivity contribution in [1.82, 2.24) is 5.32 Å². The molecule has 0 bridgehead atoms. The Kier molecular flexibility index (Phi) is 4.20. The Bertz CT molecular complexity index is 403. The summed E-state index contributed by atoms with van der Waals surface area (Å²) in [7, 11) is 0. The summed E-state index contributed by atoms with van der Waals surface area (Å²) in [6.45, 7) is 5.57. The largest absolute Gasteiger partial charge is 0.494 e. The molecule has 1 fully saturated rings. The van der Waals surface area contributed by atoms with Gasteiger partial charge in [0.15, 0.2) is 0 Å². The van der Waals surface area contributed by atoms with Crippen LogP contribution < -0.4 is 15.4 Å². The maximum atomic E-state index is 12.1. The number of carbonyl (C=O) groups excluding carboxylic acids is 1. The fourth-order valence-electron chi connectivity index (χ4n) is 2.25. The summed E-state index contributed by atoms with van der Waals surface area (Å²) >= 11 is 0. The van der Waals surface area contributed by atoms with Gasteiger partial charge in [-0.05, 0) is 51.1 Å². The van der Waals surface area contributed by atoms with Crippen molar-refractivity contribution in [1.29, 1.82) is 0 Å². The molecule has 1 amide bonds. The minimum Gasteiger partial charge on any atom is -0.494 e. The molecule has 4 heteroatoms. The van der Waals surface area contributed by atoms with E-state index < -0.39 is 0 Å². The Morgan fingerprint density at radius 2 is 2.17 bits per heavy atom. The van der Waals surface area contributed by atoms with E-state index in [1.54, 1.807) is 0 Å². The first-order chi connectivity index (χ1) is 8.70. The van der Waals surface area contributed by atoms with Crippen LogP contribution in [0.15, 0.2) is 24.3 Å². The third-order valence-corrected chi connectivity index (χ3v) is 3.29. The van der Waals surface area contributed by atoms with Crippen molar-refractivity contribution in [3.8, 4) is 5.75 Å². The molecule has 1 aliphatic rings. The molecule has 2 unspecified atom stereocenters. The topological polar surface area (TPSA) is 50.4 Å². The van der Waals surface area contributed by atoms with Gasteiger partial charge in [0.1, 0.15) is 5.75 Å². The van der Waals surface area contributed by atoms with E-state index in [2.05, 4.69) is 17.6 Å². The molecular weight excluding hydrogens is 228 g/mol. The highest BCUT2D eigenvalue weighted by Crippen LogP contribution is 2.20. The zero-order chi connectivity index (χ0) is 13.0. The molecule has 2 N–H and O–H groups in total. The van der Waals surface area contributed by atoms with E-state index in [1.807, 2.05) is 31.2 Å². The van der Waals surface area contributed by atoms with Gasteiger partial charge in [0, 0.05) is 11.7 Å². The highest BCUT2D eigenvalue weighted by molar-refractivity contribution is 5.93. The van der Waals surface area contributed by atoms with E-state index in [9.17, 15) is 4.79 Å². The molecule has 4 nitrogen and oxygen atoms in total. The van der Waals surface area contributed by atoms with Gasteiger partial charge in [0.25, 0.3) is 0 Å². The smallest absolute Gasteiger partial charge is 0.229 e. The number of hydrogen-bond acceptors (Lipinski definition) is 3. The highest BCUT2D eigenvalue weighted by Gasteiger charge is 2.29. The Morgan fingerprint density at radius 1 is 1.44 bits per heavy atom. The Balaban J connectivity index is 1.94. The second-order valence-corrected chi connectivity index (χ2v) is 4.58. The van der Waals surface area contributed by atoms with Gasteiger partial charge in [0.05, 0.1) is 12.5 Å². The molecular formula is C14H20N2O2. The molecule has 18 heavy (non-hydrogen) atoms. The van der Waals surface area contributed by atoms with Crippen molar-refractivity contribution in [2.75, 3.05) is 18.5 Å². The lowest BCUT2D eigenvalue weighted by molar-refractivity contribution is -0.120. The Morgan fingerprint density at radius 3 is 2.72 bits per heavy atom. The third kappa shape index (κ3) is 3.01. The fraction of sp³-hybridized carbons (Fsp3) is 0.500. The molecule has 1 aliphatic heterocycles. The lowest BCUT2D eigenvalue weighted by Gasteiger charge is -2.15. The van der Waals surface area contributed by atoms with E-state index >= 15 is 0 Å². The third-order valence-electron chi connectivity index (χ3n) is 3.29. The average Bonchev–Trinajstić information content (AvgIpc) is 2.78. The quantitative estimate of drug-likeness (QED) is 0.857. The average molecular weight is 248 g/mol. The molecule has 0 saturated carbocycles. The van der Waals surface area contributed by atoms with E-state index in [-0.39, 0.29) is 17.9 Å². The number of ether oxygens (including phenoxy) is 1. The van der Waals surface area contributed by atoms with Crippen LogP contribution >= 0.6 is 0 Å². The van der Waals surface area contributed by atoms with Crippen LogP contribution in [0.3, 0.4) is 0 Å². The van der Waals surface area contributed by atoms with Gasteiger partial charge in [-0.25, -0.2) is 0 Å². The van der Waals surface area contributed by atoms with Crippen molar-refractivity contribution < 1.29 is 9.53 Å². The van der Waals surface area contributed by atoms with Crippen molar-refractivity contribution in [3.63, 3.8) is 0 Å². The summed E-state index contributed by atoms with van der Waals surface area (Å²) in [6, 6.07) is 7.74. The summed E-state index contributed by atoms with van der Waals surface area (Å²) in [4.78, 5) is 12.1. The number of carbonyl (C=O) groups is 1. The first-order valence-corrected chi connectivity index (χ1v) is 6.48. The van der Waals surface area contributed by atoms with Crippen LogP contribution in [0.2, 0.25) is 0 Å². The monoisotopic (exact) mass is 248 g/mol. The number of amides is 1. The number of hydrogen-bond donors (Lipinski definition) is 2. The van der Waals surface area contributed by atoms with Gasteiger partial charge >= 0.3 is 0 Å². The van der Waals surface area contributed by atoms with E-state index in [0.29, 0.717) is 6.61 Å². The molecule has 0 aromatic heterocycles. The fourth-order valence-corrected chi connectivity index (χ4v) is 2.25. The van der Waals surface area contributed by atoms with E-state index in [0.717, 1.165) is 24.4 Å². The van der Waals surface area contributed by atoms with Gasteiger partial charge in [-0.3, -0.25) is 4.79 Å². The Hall–Kier alpha value is -1.55. The SMILES string of the molecule is CCOc1ccc(NC(=O)C2CCNC2C)cc1. The van der Waals surface area contributed by atoms with Gasteiger partial charge < -0.3 is 15.4 Å². The van der Waals surface area contributed by atoms with Crippen LogP contribution in [-0.4, -0.2) is 25.1 Å². The number of anilines is 1. The second-order valence-electron chi connectivity index (χ2n) is 4.58. The number of benzene rings is 1. The zero-order valence-corrected chi connectivity index (χ0v) is 10.9. The Labute approximate surface area is 108 Å². The lowest BCUT2D eigenvalue weighted by atomic mass is 10.0. The molecule has 1 heterocycles. The van der Waals surface area contributed by atoms with Gasteiger partial charge in [0.2, 0.25) is 5.91 Å². The summed E-state index contributed by atoms with van der Waals surface area (Å²) < 4.78 is 5.36. The van der Waals surface area contributed by atoms with Crippen LogP contribution in [0.25, 0.3) is 0 Å². The highest BCUT2D eigenvalue weighted by atomic mass is 16.5. The van der Waals surface area contributed by atoms with Crippen molar-refractivity contribution in [2.45, 2.75) is 26.3 Å². The molecule has 0 aliphatic carbocycles. The summed E-state index contributed by atoms with van der Waals surface area (Å²) in [6.07, 6.45) is 0.907. The molecule has 0 spiro atoms. The van der Waals surface area contributed by atoms with E-state index in [1.165, 1.54) is 0 Å². The first kappa shape index (κ1) is 12.9. The molecule has 98 valence electrons. The standard InChI is InChI=1S/C14H20N2O2/c1-3-18-12-6-4-11(5-7-12)16-14(17)13-8-9-15-10(13)2/h4-7,10,13,15H,3,8-9H2,1-2H3,(H,16,17). The van der Waals surface area contributed by atoms with Crippen LogP contribution in [0, 0.1) is 5.92 Å². The maximum absolute atomic E-state index is 12.1. The predicted molar refractivity (Wildman–Crippen MR) is 71.8 cm³/mol. The van der Waals surface area contributed by atoms with Crippen LogP contribution in [-0.2, 0) is 4.79 Å². The second kappa shape index (κ2) is 5.87. The van der Waals surface area contributed by atoms with Crippen LogP contribution in [0.1, 0.15) is 20.3 Å². The summed E-state index contributed by atoms with van der Waals surface area (Å²) in [5.41, 5.74) is 0.822. The normalized spacial score (nSPS) is 22.8.